The highest BCUT2D eigenvalue weighted by Crippen LogP contribution is 2.29. The standard InChI is InChI=1S/C11H19N3O4/c1-11(9(16)17)4-5-14(7-11)10(18)12-6-8(15)13(2)3/h4-7H2,1-3H3,(H,12,18)(H,16,17). The van der Waals surface area contributed by atoms with Crippen LogP contribution >= 0.6 is 0 Å². The van der Waals surface area contributed by atoms with Crippen LogP contribution in [0.15, 0.2) is 0 Å². The van der Waals surface area contributed by atoms with Gasteiger partial charge in [0.15, 0.2) is 0 Å². The maximum atomic E-state index is 11.7. The highest BCUT2D eigenvalue weighted by Gasteiger charge is 2.42. The first-order chi connectivity index (χ1) is 8.26. The first kappa shape index (κ1) is 14.3. The molecule has 0 aromatic heterocycles. The van der Waals surface area contributed by atoms with Crippen LogP contribution in [0.2, 0.25) is 0 Å². The van der Waals surface area contributed by atoms with Crippen molar-refractivity contribution in [3.8, 4) is 0 Å². The lowest BCUT2D eigenvalue weighted by Crippen LogP contribution is -2.44. The van der Waals surface area contributed by atoms with E-state index < -0.39 is 17.4 Å². The second-order valence-corrected chi connectivity index (χ2v) is 4.98. The zero-order valence-corrected chi connectivity index (χ0v) is 10.9. The average molecular weight is 257 g/mol. The molecule has 0 radical (unpaired) electrons. The lowest BCUT2D eigenvalue weighted by Gasteiger charge is -2.20. The van der Waals surface area contributed by atoms with Gasteiger partial charge in [0, 0.05) is 27.2 Å². The van der Waals surface area contributed by atoms with Crippen molar-refractivity contribution < 1.29 is 19.5 Å². The van der Waals surface area contributed by atoms with Crippen molar-refractivity contribution in [1.29, 1.82) is 0 Å². The molecule has 0 spiro atoms. The summed E-state index contributed by atoms with van der Waals surface area (Å²) in [5.41, 5.74) is -0.886. The van der Waals surface area contributed by atoms with Gasteiger partial charge in [0.1, 0.15) is 0 Å². The van der Waals surface area contributed by atoms with Crippen LogP contribution in [0.25, 0.3) is 0 Å². The Kier molecular flexibility index (Phi) is 4.15. The van der Waals surface area contributed by atoms with E-state index in [-0.39, 0.29) is 19.0 Å². The van der Waals surface area contributed by atoms with Crippen LogP contribution in [0.1, 0.15) is 13.3 Å². The zero-order chi connectivity index (χ0) is 13.9. The summed E-state index contributed by atoms with van der Waals surface area (Å²) in [6, 6.07) is -0.393. The van der Waals surface area contributed by atoms with Crippen LogP contribution in [0.5, 0.6) is 0 Å². The number of carboxylic acids is 1. The highest BCUT2D eigenvalue weighted by molar-refractivity contribution is 5.84. The summed E-state index contributed by atoms with van der Waals surface area (Å²) in [5, 5.41) is 11.5. The van der Waals surface area contributed by atoms with Gasteiger partial charge in [-0.2, -0.15) is 0 Å². The molecule has 2 N–H and O–H groups in total. The summed E-state index contributed by atoms with van der Waals surface area (Å²) in [6.07, 6.45) is 0.428. The third-order valence-electron chi connectivity index (χ3n) is 3.17. The number of carbonyl (C=O) groups excluding carboxylic acids is 2. The Morgan fingerprint density at radius 1 is 1.39 bits per heavy atom. The number of likely N-dealkylation sites (tertiary alicyclic amines) is 1. The number of hydrogen-bond acceptors (Lipinski definition) is 3. The van der Waals surface area contributed by atoms with Crippen LogP contribution in [0, 0.1) is 5.41 Å². The molecular formula is C11H19N3O4. The Bertz CT molecular complexity index is 369. The van der Waals surface area contributed by atoms with Gasteiger partial charge < -0.3 is 20.2 Å². The van der Waals surface area contributed by atoms with Gasteiger partial charge in [-0.1, -0.05) is 0 Å². The molecule has 0 bridgehead atoms. The number of likely N-dealkylation sites (N-methyl/N-ethyl adjacent to an activating group) is 1. The van der Waals surface area contributed by atoms with Crippen LogP contribution in [-0.4, -0.2) is 66.5 Å². The van der Waals surface area contributed by atoms with E-state index in [4.69, 9.17) is 5.11 Å². The fraction of sp³-hybridized carbons (Fsp3) is 0.727. The monoisotopic (exact) mass is 257 g/mol. The smallest absolute Gasteiger partial charge is 0.317 e. The highest BCUT2D eigenvalue weighted by atomic mass is 16.4. The van der Waals surface area contributed by atoms with Crippen molar-refractivity contribution in [2.24, 2.45) is 5.41 Å². The molecule has 7 nitrogen and oxygen atoms in total. The van der Waals surface area contributed by atoms with Crippen molar-refractivity contribution >= 4 is 17.9 Å². The minimum absolute atomic E-state index is 0.0773. The lowest BCUT2D eigenvalue weighted by atomic mass is 9.90. The Morgan fingerprint density at radius 2 is 2.00 bits per heavy atom. The lowest BCUT2D eigenvalue weighted by molar-refractivity contribution is -0.147. The van der Waals surface area contributed by atoms with Gasteiger partial charge in [-0.05, 0) is 13.3 Å². The molecule has 1 aliphatic heterocycles. The van der Waals surface area contributed by atoms with Gasteiger partial charge in [-0.3, -0.25) is 9.59 Å². The number of urea groups is 1. The molecular weight excluding hydrogens is 238 g/mol. The molecule has 1 heterocycles. The second-order valence-electron chi connectivity index (χ2n) is 4.98. The third kappa shape index (κ3) is 3.12. The van der Waals surface area contributed by atoms with Crippen LogP contribution in [0.3, 0.4) is 0 Å². The molecule has 7 heteroatoms. The summed E-state index contributed by atoms with van der Waals surface area (Å²) in [6.45, 7) is 2.11. The normalized spacial score (nSPS) is 22.7. The number of carbonyl (C=O) groups is 3. The Hall–Kier alpha value is -1.79. The second kappa shape index (κ2) is 5.24. The van der Waals surface area contributed by atoms with E-state index >= 15 is 0 Å². The van der Waals surface area contributed by atoms with Crippen molar-refractivity contribution in [2.45, 2.75) is 13.3 Å². The Balaban J connectivity index is 2.46. The number of amides is 3. The summed E-state index contributed by atoms with van der Waals surface area (Å²) in [5.74, 6) is -1.11. The predicted octanol–water partition coefficient (Wildman–Crippen LogP) is -0.419. The number of rotatable bonds is 3. The topological polar surface area (TPSA) is 90.0 Å². The number of nitrogens with one attached hydrogen (secondary N) is 1. The summed E-state index contributed by atoms with van der Waals surface area (Å²) in [7, 11) is 3.21. The van der Waals surface area contributed by atoms with E-state index in [9.17, 15) is 14.4 Å². The zero-order valence-electron chi connectivity index (χ0n) is 10.9. The molecule has 3 amide bonds. The molecule has 0 saturated carbocycles. The van der Waals surface area contributed by atoms with Crippen LogP contribution in [-0.2, 0) is 9.59 Å². The molecule has 1 atom stereocenters. The molecule has 102 valence electrons. The van der Waals surface area contributed by atoms with E-state index in [0.717, 1.165) is 0 Å². The minimum atomic E-state index is -0.901. The van der Waals surface area contributed by atoms with E-state index in [1.54, 1.807) is 21.0 Å². The number of aliphatic carboxylic acids is 1. The van der Waals surface area contributed by atoms with Gasteiger partial charge in [-0.25, -0.2) is 4.79 Å². The molecule has 1 aliphatic rings. The van der Waals surface area contributed by atoms with Crippen LogP contribution < -0.4 is 5.32 Å². The number of carboxylic acid groups (broad SMARTS) is 1. The maximum absolute atomic E-state index is 11.7. The van der Waals surface area contributed by atoms with Gasteiger partial charge in [-0.15, -0.1) is 0 Å². The van der Waals surface area contributed by atoms with Gasteiger partial charge in [0.25, 0.3) is 0 Å². The molecule has 1 fully saturated rings. The SMILES string of the molecule is CN(C)C(=O)CNC(=O)N1CCC(C)(C(=O)O)C1. The first-order valence-electron chi connectivity index (χ1n) is 5.72. The van der Waals surface area contributed by atoms with E-state index in [2.05, 4.69) is 5.32 Å². The van der Waals surface area contributed by atoms with Crippen molar-refractivity contribution in [1.82, 2.24) is 15.1 Å². The number of hydrogen-bond donors (Lipinski definition) is 2. The van der Waals surface area contributed by atoms with Crippen molar-refractivity contribution in [3.63, 3.8) is 0 Å². The molecule has 1 unspecified atom stereocenters. The molecule has 1 rings (SSSR count). The molecule has 18 heavy (non-hydrogen) atoms. The Labute approximate surface area is 106 Å². The minimum Gasteiger partial charge on any atom is -0.481 e. The van der Waals surface area contributed by atoms with E-state index in [1.807, 2.05) is 0 Å². The summed E-state index contributed by atoms with van der Waals surface area (Å²) >= 11 is 0. The first-order valence-corrected chi connectivity index (χ1v) is 5.72. The molecule has 0 aliphatic carbocycles. The number of nitrogens with zero attached hydrogens (tertiary/aromatic N) is 2. The van der Waals surface area contributed by atoms with Crippen LogP contribution in [0.4, 0.5) is 4.79 Å². The average Bonchev–Trinajstić information content (AvgIpc) is 2.69. The van der Waals surface area contributed by atoms with Gasteiger partial charge in [0.05, 0.1) is 12.0 Å². The van der Waals surface area contributed by atoms with Crippen molar-refractivity contribution in [2.75, 3.05) is 33.7 Å². The third-order valence-corrected chi connectivity index (χ3v) is 3.17. The largest absolute Gasteiger partial charge is 0.481 e. The quantitative estimate of drug-likeness (QED) is 0.718. The fourth-order valence-corrected chi connectivity index (χ4v) is 1.73. The summed E-state index contributed by atoms with van der Waals surface area (Å²) in [4.78, 5) is 36.9. The fourth-order valence-electron chi connectivity index (χ4n) is 1.73. The maximum Gasteiger partial charge on any atom is 0.317 e. The predicted molar refractivity (Wildman–Crippen MR) is 64.0 cm³/mol. The van der Waals surface area contributed by atoms with Crippen molar-refractivity contribution in [3.05, 3.63) is 0 Å². The molecule has 0 aromatic rings. The van der Waals surface area contributed by atoms with E-state index in [0.29, 0.717) is 13.0 Å². The Morgan fingerprint density at radius 3 is 2.44 bits per heavy atom. The molecule has 0 aromatic carbocycles. The summed E-state index contributed by atoms with van der Waals surface area (Å²) < 4.78 is 0. The van der Waals surface area contributed by atoms with Gasteiger partial charge in [0.2, 0.25) is 5.91 Å². The van der Waals surface area contributed by atoms with Gasteiger partial charge >= 0.3 is 12.0 Å². The van der Waals surface area contributed by atoms with E-state index in [1.165, 1.54) is 9.80 Å². The molecule has 1 saturated heterocycles.